The van der Waals surface area contributed by atoms with E-state index in [1.165, 1.54) is 19.3 Å². The summed E-state index contributed by atoms with van der Waals surface area (Å²) in [7, 11) is 0. The summed E-state index contributed by atoms with van der Waals surface area (Å²) in [5.41, 5.74) is -0.127. The molecule has 0 aromatic carbocycles. The normalized spacial score (nSPS) is 24.1. The third-order valence-electron chi connectivity index (χ3n) is 3.89. The highest BCUT2D eigenvalue weighted by molar-refractivity contribution is 5.75. The maximum absolute atomic E-state index is 12.0. The van der Waals surface area contributed by atoms with Gasteiger partial charge in [0.25, 0.3) is 0 Å². The van der Waals surface area contributed by atoms with Crippen molar-refractivity contribution in [1.82, 2.24) is 10.2 Å². The van der Waals surface area contributed by atoms with E-state index in [1.807, 2.05) is 11.0 Å². The molecule has 1 heterocycles. The van der Waals surface area contributed by atoms with Gasteiger partial charge < -0.3 is 10.2 Å². The van der Waals surface area contributed by atoms with Gasteiger partial charge in [-0.15, -0.1) is 6.58 Å². The molecule has 1 N–H and O–H groups in total. The Bertz CT molecular complexity index is 263. The van der Waals surface area contributed by atoms with Gasteiger partial charge >= 0.3 is 6.03 Å². The van der Waals surface area contributed by atoms with E-state index in [0.29, 0.717) is 0 Å². The van der Waals surface area contributed by atoms with Crippen LogP contribution in [0.3, 0.4) is 0 Å². The van der Waals surface area contributed by atoms with Crippen LogP contribution in [0.2, 0.25) is 0 Å². The third kappa shape index (κ3) is 2.39. The van der Waals surface area contributed by atoms with Crippen LogP contribution in [0, 0.1) is 0 Å². The van der Waals surface area contributed by atoms with Crippen molar-refractivity contribution < 1.29 is 4.79 Å². The van der Waals surface area contributed by atoms with Crippen molar-refractivity contribution >= 4 is 6.03 Å². The van der Waals surface area contributed by atoms with Crippen molar-refractivity contribution in [2.24, 2.45) is 0 Å². The number of nitrogens with one attached hydrogen (secondary N) is 1. The molecule has 0 atom stereocenters. The Morgan fingerprint density at radius 3 is 2.31 bits per heavy atom. The van der Waals surface area contributed by atoms with Gasteiger partial charge in [0.1, 0.15) is 0 Å². The van der Waals surface area contributed by atoms with Crippen LogP contribution < -0.4 is 5.32 Å². The summed E-state index contributed by atoms with van der Waals surface area (Å²) in [6.45, 7) is 5.73. The zero-order chi connectivity index (χ0) is 11.4. The Hall–Kier alpha value is -0.990. The van der Waals surface area contributed by atoms with Crippen LogP contribution in [0.4, 0.5) is 4.79 Å². The fourth-order valence-electron chi connectivity index (χ4n) is 2.78. The topological polar surface area (TPSA) is 32.3 Å². The van der Waals surface area contributed by atoms with Gasteiger partial charge in [-0.2, -0.15) is 0 Å². The SMILES string of the molecule is C=CC1(NC(=O)N2CCCC2)CCCCC1. The molecule has 3 nitrogen and oxygen atoms in total. The molecule has 90 valence electrons. The van der Waals surface area contributed by atoms with Crippen LogP contribution in [0.5, 0.6) is 0 Å². The molecule has 2 fully saturated rings. The molecule has 0 spiro atoms. The molecule has 2 rings (SSSR count). The van der Waals surface area contributed by atoms with Gasteiger partial charge in [-0.05, 0) is 25.7 Å². The lowest BCUT2D eigenvalue weighted by Gasteiger charge is -2.36. The van der Waals surface area contributed by atoms with E-state index in [-0.39, 0.29) is 11.6 Å². The first kappa shape index (κ1) is 11.5. The average molecular weight is 222 g/mol. The van der Waals surface area contributed by atoms with Crippen molar-refractivity contribution in [2.75, 3.05) is 13.1 Å². The zero-order valence-corrected chi connectivity index (χ0v) is 10.0. The number of urea groups is 1. The largest absolute Gasteiger partial charge is 0.329 e. The maximum Gasteiger partial charge on any atom is 0.318 e. The van der Waals surface area contributed by atoms with E-state index in [2.05, 4.69) is 11.9 Å². The van der Waals surface area contributed by atoms with Crippen LogP contribution in [0.15, 0.2) is 12.7 Å². The van der Waals surface area contributed by atoms with Crippen LogP contribution in [-0.2, 0) is 0 Å². The van der Waals surface area contributed by atoms with Crippen LogP contribution in [0.1, 0.15) is 44.9 Å². The lowest BCUT2D eigenvalue weighted by molar-refractivity contribution is 0.190. The lowest BCUT2D eigenvalue weighted by atomic mass is 9.82. The van der Waals surface area contributed by atoms with Gasteiger partial charge in [0.15, 0.2) is 0 Å². The summed E-state index contributed by atoms with van der Waals surface area (Å²) < 4.78 is 0. The molecule has 0 bridgehead atoms. The first-order valence-corrected chi connectivity index (χ1v) is 6.46. The Labute approximate surface area is 97.9 Å². The van der Waals surface area contributed by atoms with Crippen molar-refractivity contribution in [3.63, 3.8) is 0 Å². The smallest absolute Gasteiger partial charge is 0.318 e. The Balaban J connectivity index is 1.94. The summed E-state index contributed by atoms with van der Waals surface area (Å²) in [5.74, 6) is 0. The molecule has 16 heavy (non-hydrogen) atoms. The Morgan fingerprint density at radius 2 is 1.75 bits per heavy atom. The highest BCUT2D eigenvalue weighted by Gasteiger charge is 2.32. The Kier molecular flexibility index (Phi) is 3.52. The fraction of sp³-hybridized carbons (Fsp3) is 0.769. The summed E-state index contributed by atoms with van der Waals surface area (Å²) in [4.78, 5) is 14.0. The molecule has 0 unspecified atom stereocenters. The van der Waals surface area contributed by atoms with E-state index < -0.39 is 0 Å². The van der Waals surface area contributed by atoms with Crippen molar-refractivity contribution in [3.8, 4) is 0 Å². The summed E-state index contributed by atoms with van der Waals surface area (Å²) in [6.07, 6.45) is 10.0. The van der Waals surface area contributed by atoms with Crippen LogP contribution in [0.25, 0.3) is 0 Å². The first-order valence-electron chi connectivity index (χ1n) is 6.46. The van der Waals surface area contributed by atoms with Crippen LogP contribution >= 0.6 is 0 Å². The minimum atomic E-state index is -0.127. The molecule has 0 radical (unpaired) electrons. The molecule has 2 aliphatic rings. The fourth-order valence-corrected chi connectivity index (χ4v) is 2.78. The van der Waals surface area contributed by atoms with E-state index in [1.54, 1.807) is 0 Å². The minimum absolute atomic E-state index is 0.110. The molecular formula is C13H22N2O. The Morgan fingerprint density at radius 1 is 1.12 bits per heavy atom. The second-order valence-electron chi connectivity index (χ2n) is 5.05. The van der Waals surface area contributed by atoms with E-state index >= 15 is 0 Å². The van der Waals surface area contributed by atoms with E-state index in [0.717, 1.165) is 38.8 Å². The summed E-state index contributed by atoms with van der Waals surface area (Å²) in [5, 5.41) is 3.19. The number of amides is 2. The number of hydrogen-bond acceptors (Lipinski definition) is 1. The summed E-state index contributed by atoms with van der Waals surface area (Å²) >= 11 is 0. The third-order valence-corrected chi connectivity index (χ3v) is 3.89. The van der Waals surface area contributed by atoms with Gasteiger partial charge in [-0.1, -0.05) is 25.3 Å². The number of rotatable bonds is 2. The second kappa shape index (κ2) is 4.89. The monoisotopic (exact) mass is 222 g/mol. The molecule has 1 saturated heterocycles. The zero-order valence-electron chi connectivity index (χ0n) is 10.0. The quantitative estimate of drug-likeness (QED) is 0.716. The van der Waals surface area contributed by atoms with Gasteiger partial charge in [0, 0.05) is 13.1 Å². The molecule has 1 aliphatic heterocycles. The number of hydrogen-bond donors (Lipinski definition) is 1. The summed E-state index contributed by atoms with van der Waals surface area (Å²) in [6, 6.07) is 0.110. The number of carbonyl (C=O) groups excluding carboxylic acids is 1. The van der Waals surface area contributed by atoms with Crippen molar-refractivity contribution in [1.29, 1.82) is 0 Å². The number of carbonyl (C=O) groups is 1. The molecule has 0 aromatic rings. The maximum atomic E-state index is 12.0. The van der Waals surface area contributed by atoms with Crippen molar-refractivity contribution in [2.45, 2.75) is 50.5 Å². The van der Waals surface area contributed by atoms with Gasteiger partial charge in [0.2, 0.25) is 0 Å². The van der Waals surface area contributed by atoms with Gasteiger partial charge in [0.05, 0.1) is 5.54 Å². The average Bonchev–Trinajstić information content (AvgIpc) is 2.84. The molecular weight excluding hydrogens is 200 g/mol. The number of likely N-dealkylation sites (tertiary alicyclic amines) is 1. The van der Waals surface area contributed by atoms with Crippen LogP contribution in [-0.4, -0.2) is 29.6 Å². The molecule has 0 aromatic heterocycles. The molecule has 1 aliphatic carbocycles. The van der Waals surface area contributed by atoms with E-state index in [4.69, 9.17) is 0 Å². The highest BCUT2D eigenvalue weighted by Crippen LogP contribution is 2.29. The van der Waals surface area contributed by atoms with E-state index in [9.17, 15) is 4.79 Å². The van der Waals surface area contributed by atoms with Crippen molar-refractivity contribution in [3.05, 3.63) is 12.7 Å². The number of nitrogens with zero attached hydrogens (tertiary/aromatic N) is 1. The molecule has 1 saturated carbocycles. The molecule has 3 heteroatoms. The lowest BCUT2D eigenvalue weighted by Crippen LogP contribution is -2.52. The first-order chi connectivity index (χ1) is 7.76. The van der Waals surface area contributed by atoms with Gasteiger partial charge in [-0.3, -0.25) is 0 Å². The molecule has 2 amide bonds. The second-order valence-corrected chi connectivity index (χ2v) is 5.05. The minimum Gasteiger partial charge on any atom is -0.329 e. The predicted molar refractivity (Wildman–Crippen MR) is 65.4 cm³/mol. The predicted octanol–water partition coefficient (Wildman–Crippen LogP) is 2.68. The van der Waals surface area contributed by atoms with Gasteiger partial charge in [-0.25, -0.2) is 4.79 Å². The standard InChI is InChI=1S/C13H22N2O/c1-2-13(8-4-3-5-9-13)14-12(16)15-10-6-7-11-15/h2H,1,3-11H2,(H,14,16). The highest BCUT2D eigenvalue weighted by atomic mass is 16.2.